The number of benzene rings is 3. The van der Waals surface area contributed by atoms with Crippen LogP contribution in [0.5, 0.6) is 0 Å². The van der Waals surface area contributed by atoms with Gasteiger partial charge in [0.2, 0.25) is 11.9 Å². The number of amides is 2. The van der Waals surface area contributed by atoms with Crippen LogP contribution in [0.15, 0.2) is 67.4 Å². The van der Waals surface area contributed by atoms with E-state index in [0.717, 1.165) is 6.07 Å². The van der Waals surface area contributed by atoms with Crippen LogP contribution >= 0.6 is 0 Å². The summed E-state index contributed by atoms with van der Waals surface area (Å²) in [6.07, 6.45) is -1.11. The molecule has 19 nitrogen and oxygen atoms in total. The van der Waals surface area contributed by atoms with E-state index in [1.165, 1.54) is 25.2 Å². The number of aromatic nitrogens is 3. The van der Waals surface area contributed by atoms with Gasteiger partial charge in [0.1, 0.15) is 21.2 Å². The number of azo groups is 1. The molecule has 8 N–H and O–H groups in total. The lowest BCUT2D eigenvalue weighted by molar-refractivity contribution is 0.259. The smallest absolute Gasteiger partial charge is 0.316 e. The molecule has 0 spiro atoms. The zero-order valence-electron chi connectivity index (χ0n) is 21.7. The number of nitrogens with zero attached hydrogens (tertiary/aromatic N) is 5. The second-order valence-corrected chi connectivity index (χ2v) is 12.6. The number of halogens is 1. The summed E-state index contributed by atoms with van der Waals surface area (Å²) in [6, 6.07) is 5.21. The van der Waals surface area contributed by atoms with Gasteiger partial charge in [0, 0.05) is 18.1 Å². The van der Waals surface area contributed by atoms with Crippen LogP contribution in [0, 0.1) is 6.08 Å². The number of nitrogens with two attached hydrogens (primary N) is 1. The maximum absolute atomic E-state index is 13.7. The first-order valence-electron chi connectivity index (χ1n) is 11.4. The van der Waals surface area contributed by atoms with Crippen molar-refractivity contribution in [3.8, 4) is 0 Å². The number of hydrogen-bond acceptors (Lipinski definition) is 14. The fraction of sp³-hybridized carbons (Fsp3) is 0.0476. The molecule has 0 saturated carbocycles. The second kappa shape index (κ2) is 11.6. The quantitative estimate of drug-likeness (QED) is 0.0993. The van der Waals surface area contributed by atoms with Crippen LogP contribution in [0.3, 0.4) is 0 Å². The molecule has 0 bridgehead atoms. The van der Waals surface area contributed by atoms with E-state index in [4.69, 9.17) is 5.73 Å². The van der Waals surface area contributed by atoms with Gasteiger partial charge < -0.3 is 21.7 Å². The van der Waals surface area contributed by atoms with E-state index in [-0.39, 0.29) is 29.0 Å². The Morgan fingerprint density at radius 1 is 0.818 bits per heavy atom. The summed E-state index contributed by atoms with van der Waals surface area (Å²) in [5.41, 5.74) is 4.37. The third-order valence-electron chi connectivity index (χ3n) is 5.43. The molecule has 3 aromatic carbocycles. The molecule has 0 radical (unpaired) electrons. The molecule has 1 aromatic heterocycles. The van der Waals surface area contributed by atoms with E-state index in [0.29, 0.717) is 18.2 Å². The first kappa shape index (κ1) is 32.0. The Balaban J connectivity index is 1.87. The van der Waals surface area contributed by atoms with E-state index < -0.39 is 73.6 Å². The topological polar surface area (TPSA) is 306 Å². The van der Waals surface area contributed by atoms with E-state index >= 15 is 0 Å². The average molecular weight is 672 g/mol. The van der Waals surface area contributed by atoms with Gasteiger partial charge >= 0.3 is 12.1 Å². The van der Waals surface area contributed by atoms with Gasteiger partial charge in [-0.1, -0.05) is 0 Å². The number of fused-ring (bicyclic) bond motifs is 1. The predicted octanol–water partition coefficient (Wildman–Crippen LogP) is 2.60. The van der Waals surface area contributed by atoms with Crippen LogP contribution in [0.1, 0.15) is 0 Å². The third kappa shape index (κ3) is 7.33. The summed E-state index contributed by atoms with van der Waals surface area (Å²) in [5.74, 6) is -0.334. The van der Waals surface area contributed by atoms with Gasteiger partial charge in [-0.2, -0.15) is 44.6 Å². The van der Waals surface area contributed by atoms with Crippen LogP contribution in [0.25, 0.3) is 10.8 Å². The van der Waals surface area contributed by atoms with Crippen LogP contribution in [-0.4, -0.2) is 66.9 Å². The summed E-state index contributed by atoms with van der Waals surface area (Å²) in [5, 5.41) is 14.1. The number of rotatable bonds is 9. The maximum atomic E-state index is 13.7. The summed E-state index contributed by atoms with van der Waals surface area (Å²) in [7, 11) is -13.9. The van der Waals surface area contributed by atoms with Gasteiger partial charge in [-0.3, -0.25) is 13.7 Å². The van der Waals surface area contributed by atoms with Gasteiger partial charge in [-0.05, 0) is 47.9 Å². The summed E-state index contributed by atoms with van der Waals surface area (Å²) in [4.78, 5) is 19.4. The largest absolute Gasteiger partial charge is 0.357 e. The molecule has 44 heavy (non-hydrogen) atoms. The molecule has 0 aliphatic rings. The fourth-order valence-electron chi connectivity index (χ4n) is 3.65. The molecule has 2 amide bonds. The fourth-order valence-corrected chi connectivity index (χ4v) is 5.64. The number of primary amides is 1. The second-order valence-electron chi connectivity index (χ2n) is 8.44. The van der Waals surface area contributed by atoms with E-state index in [9.17, 15) is 48.1 Å². The SMILES string of the molecule is CNc1nc(F)nc(Nc2ccc(N=Nc3cc4c(S(=O)(=O)O)cc(S(=O)(=O)O)cc4cc3S(=O)(=O)O)c(NC(N)=O)c2)n1. The molecule has 0 atom stereocenters. The minimum absolute atomic E-state index is 0.0997. The van der Waals surface area contributed by atoms with Crippen LogP contribution in [0.4, 0.5) is 43.8 Å². The zero-order chi connectivity index (χ0) is 32.6. The van der Waals surface area contributed by atoms with Gasteiger partial charge in [-0.15, -0.1) is 10.2 Å². The molecular weight excluding hydrogens is 653 g/mol. The first-order valence-corrected chi connectivity index (χ1v) is 15.7. The minimum atomic E-state index is -5.17. The molecule has 1 heterocycles. The summed E-state index contributed by atoms with van der Waals surface area (Å²) in [6.45, 7) is 0. The van der Waals surface area contributed by atoms with Gasteiger partial charge in [-0.25, -0.2) is 4.79 Å². The number of nitrogens with one attached hydrogen (secondary N) is 3. The van der Waals surface area contributed by atoms with Crippen molar-refractivity contribution in [3.63, 3.8) is 0 Å². The van der Waals surface area contributed by atoms with E-state index in [2.05, 4.69) is 41.1 Å². The predicted molar refractivity (Wildman–Crippen MR) is 150 cm³/mol. The minimum Gasteiger partial charge on any atom is -0.357 e. The standard InChI is InChI=1S/C21H18FN9O10S3/c1-24-20-27-18(22)28-21(29-20)25-10-2-3-13(14(6-10)26-19(23)32)30-31-15-8-12-9(5-17(15)44(39,40)41)4-11(42(33,34)35)7-16(12)43(36,37)38/h2-8H,1H3,(H3,23,26,32)(H,33,34,35)(H,36,37,38)(H,39,40,41)(H2,24,25,27,28,29). The highest BCUT2D eigenvalue weighted by molar-refractivity contribution is 7.87. The van der Waals surface area contributed by atoms with Crippen molar-refractivity contribution >= 4 is 81.8 Å². The lowest BCUT2D eigenvalue weighted by Gasteiger charge is -2.11. The number of anilines is 4. The van der Waals surface area contributed by atoms with Crippen molar-refractivity contribution in [2.45, 2.75) is 14.7 Å². The van der Waals surface area contributed by atoms with Gasteiger partial charge in [0.05, 0.1) is 10.6 Å². The molecule has 23 heteroatoms. The average Bonchev–Trinajstić information content (AvgIpc) is 2.89. The Hall–Kier alpha value is -4.94. The Morgan fingerprint density at radius 3 is 2.05 bits per heavy atom. The van der Waals surface area contributed by atoms with Crippen LogP contribution < -0.4 is 21.7 Å². The Morgan fingerprint density at radius 2 is 1.45 bits per heavy atom. The molecule has 0 aliphatic carbocycles. The Labute approximate surface area is 246 Å². The van der Waals surface area contributed by atoms with Crippen molar-refractivity contribution in [2.24, 2.45) is 16.0 Å². The number of urea groups is 1. The van der Waals surface area contributed by atoms with Gasteiger partial charge in [0.25, 0.3) is 30.4 Å². The molecule has 0 unspecified atom stereocenters. The summed E-state index contributed by atoms with van der Waals surface area (Å²) < 4.78 is 114. The highest BCUT2D eigenvalue weighted by atomic mass is 32.2. The molecule has 0 fully saturated rings. The number of carbonyl (C=O) groups excluding carboxylic acids is 1. The maximum Gasteiger partial charge on any atom is 0.316 e. The lowest BCUT2D eigenvalue weighted by Crippen LogP contribution is -2.19. The van der Waals surface area contributed by atoms with Gasteiger partial charge in [0.15, 0.2) is 0 Å². The van der Waals surface area contributed by atoms with Crippen molar-refractivity contribution in [1.29, 1.82) is 0 Å². The number of hydrogen-bond donors (Lipinski definition) is 7. The summed E-state index contributed by atoms with van der Waals surface area (Å²) >= 11 is 0. The monoisotopic (exact) mass is 671 g/mol. The lowest BCUT2D eigenvalue weighted by atomic mass is 10.1. The van der Waals surface area contributed by atoms with E-state index in [1.807, 2.05) is 0 Å². The first-order chi connectivity index (χ1) is 20.3. The number of carbonyl (C=O) groups is 1. The van der Waals surface area contributed by atoms with Crippen molar-refractivity contribution < 1.29 is 48.1 Å². The normalized spacial score (nSPS) is 12.4. The molecule has 0 saturated heterocycles. The Kier molecular flexibility index (Phi) is 8.45. The molecule has 4 rings (SSSR count). The van der Waals surface area contributed by atoms with Crippen molar-refractivity contribution in [2.75, 3.05) is 23.0 Å². The third-order valence-corrected chi connectivity index (χ3v) is 8.04. The molecule has 232 valence electrons. The molecular formula is C21H18FN9O10S3. The van der Waals surface area contributed by atoms with Crippen LogP contribution in [-0.2, 0) is 30.4 Å². The molecule has 0 aliphatic heterocycles. The molecule has 4 aromatic rings. The van der Waals surface area contributed by atoms with Crippen molar-refractivity contribution in [1.82, 2.24) is 15.0 Å². The van der Waals surface area contributed by atoms with Crippen molar-refractivity contribution in [3.05, 3.63) is 48.5 Å². The highest BCUT2D eigenvalue weighted by Gasteiger charge is 2.24. The van der Waals surface area contributed by atoms with E-state index in [1.54, 1.807) is 0 Å². The van der Waals surface area contributed by atoms with Crippen LogP contribution in [0.2, 0.25) is 0 Å². The zero-order valence-corrected chi connectivity index (χ0v) is 24.1. The Bertz CT molecular complexity index is 2200. The highest BCUT2D eigenvalue weighted by Crippen LogP contribution is 2.37.